The van der Waals surface area contributed by atoms with Crippen LogP contribution >= 0.6 is 0 Å². The van der Waals surface area contributed by atoms with E-state index in [1.54, 1.807) is 31.5 Å². The topological polar surface area (TPSA) is 52.1 Å². The normalized spacial score (nSPS) is 9.94. The van der Waals surface area contributed by atoms with Gasteiger partial charge < -0.3 is 4.74 Å². The maximum atomic E-state index is 11.6. The smallest absolute Gasteiger partial charge is 0.338 e. The minimum Gasteiger partial charge on any atom is -0.462 e. The van der Waals surface area contributed by atoms with Crippen LogP contribution in [0.25, 0.3) is 11.4 Å². The second-order valence-corrected chi connectivity index (χ2v) is 3.37. The lowest BCUT2D eigenvalue weighted by Crippen LogP contribution is -2.05. The van der Waals surface area contributed by atoms with Gasteiger partial charge in [0.2, 0.25) is 0 Å². The number of carbonyl (C=O) groups excluding carboxylic acids is 1. The van der Waals surface area contributed by atoms with Crippen LogP contribution in [0.15, 0.2) is 42.7 Å². The molecule has 0 aromatic carbocycles. The molecule has 0 spiro atoms. The second-order valence-electron chi connectivity index (χ2n) is 3.37. The van der Waals surface area contributed by atoms with E-state index >= 15 is 0 Å². The van der Waals surface area contributed by atoms with Crippen LogP contribution in [0.3, 0.4) is 0 Å². The number of nitrogens with zero attached hydrogens (tertiary/aromatic N) is 2. The van der Waals surface area contributed by atoms with E-state index in [9.17, 15) is 4.79 Å². The first-order valence-corrected chi connectivity index (χ1v) is 5.36. The van der Waals surface area contributed by atoms with Gasteiger partial charge in [-0.15, -0.1) is 0 Å². The molecule has 0 aliphatic heterocycles. The molecule has 0 atom stereocenters. The summed E-state index contributed by atoms with van der Waals surface area (Å²) in [6, 6.07) is 8.86. The van der Waals surface area contributed by atoms with E-state index in [1.165, 1.54) is 0 Å². The Balaban J connectivity index is 2.32. The highest BCUT2D eigenvalue weighted by molar-refractivity contribution is 5.90. The molecular formula is C13H12N2O2. The fourth-order valence-corrected chi connectivity index (χ4v) is 1.43. The maximum absolute atomic E-state index is 11.6. The molecule has 4 heteroatoms. The van der Waals surface area contributed by atoms with Crippen molar-refractivity contribution in [2.24, 2.45) is 0 Å². The van der Waals surface area contributed by atoms with Crippen molar-refractivity contribution in [3.8, 4) is 11.4 Å². The van der Waals surface area contributed by atoms with Crippen molar-refractivity contribution in [2.75, 3.05) is 6.61 Å². The standard InChI is InChI=1S/C13H12N2O2/c1-2-17-13(16)10-6-8-15-12(9-10)11-5-3-4-7-14-11/h3-9H,2H2,1H3. The van der Waals surface area contributed by atoms with Crippen LogP contribution in [0, 0.1) is 0 Å². The third kappa shape index (κ3) is 2.66. The van der Waals surface area contributed by atoms with Crippen molar-refractivity contribution < 1.29 is 9.53 Å². The molecular weight excluding hydrogens is 216 g/mol. The van der Waals surface area contributed by atoms with E-state index in [0.29, 0.717) is 17.9 Å². The van der Waals surface area contributed by atoms with Crippen LogP contribution in [-0.4, -0.2) is 22.5 Å². The lowest BCUT2D eigenvalue weighted by molar-refractivity contribution is 0.0526. The van der Waals surface area contributed by atoms with E-state index in [0.717, 1.165) is 5.69 Å². The zero-order valence-corrected chi connectivity index (χ0v) is 9.46. The predicted molar refractivity (Wildman–Crippen MR) is 63.4 cm³/mol. The summed E-state index contributed by atoms with van der Waals surface area (Å²) in [6.07, 6.45) is 3.27. The van der Waals surface area contributed by atoms with Crippen LogP contribution in [0.2, 0.25) is 0 Å². The molecule has 17 heavy (non-hydrogen) atoms. The van der Waals surface area contributed by atoms with Gasteiger partial charge in [-0.2, -0.15) is 0 Å². The Bertz CT molecular complexity index is 512. The summed E-state index contributed by atoms with van der Waals surface area (Å²) in [6.45, 7) is 2.14. The van der Waals surface area contributed by atoms with Gasteiger partial charge in [-0.3, -0.25) is 9.97 Å². The Morgan fingerprint density at radius 1 is 1.18 bits per heavy atom. The quantitative estimate of drug-likeness (QED) is 0.756. The van der Waals surface area contributed by atoms with Gasteiger partial charge >= 0.3 is 5.97 Å². The molecule has 0 amide bonds. The number of aromatic nitrogens is 2. The lowest BCUT2D eigenvalue weighted by atomic mass is 10.2. The van der Waals surface area contributed by atoms with Crippen LogP contribution < -0.4 is 0 Å². The van der Waals surface area contributed by atoms with Crippen LogP contribution in [-0.2, 0) is 4.74 Å². The minimum atomic E-state index is -0.341. The largest absolute Gasteiger partial charge is 0.462 e. The highest BCUT2D eigenvalue weighted by atomic mass is 16.5. The highest BCUT2D eigenvalue weighted by Crippen LogP contribution is 2.15. The minimum absolute atomic E-state index is 0.341. The number of hydrogen-bond acceptors (Lipinski definition) is 4. The third-order valence-corrected chi connectivity index (χ3v) is 2.20. The zero-order valence-electron chi connectivity index (χ0n) is 9.46. The van der Waals surface area contributed by atoms with E-state index in [1.807, 2.05) is 18.2 Å². The lowest BCUT2D eigenvalue weighted by Gasteiger charge is -2.03. The Labute approximate surface area is 99.3 Å². The molecule has 86 valence electrons. The molecule has 0 saturated heterocycles. The Hall–Kier alpha value is -2.23. The molecule has 2 aromatic rings. The molecule has 0 unspecified atom stereocenters. The van der Waals surface area contributed by atoms with Gasteiger partial charge in [-0.1, -0.05) is 6.07 Å². The third-order valence-electron chi connectivity index (χ3n) is 2.20. The van der Waals surface area contributed by atoms with E-state index in [-0.39, 0.29) is 5.97 Å². The average Bonchev–Trinajstić information content (AvgIpc) is 2.40. The van der Waals surface area contributed by atoms with Crippen molar-refractivity contribution >= 4 is 5.97 Å². The summed E-state index contributed by atoms with van der Waals surface area (Å²) >= 11 is 0. The Kier molecular flexibility index (Phi) is 3.45. The average molecular weight is 228 g/mol. The van der Waals surface area contributed by atoms with Crippen molar-refractivity contribution in [1.29, 1.82) is 0 Å². The molecule has 0 aliphatic rings. The monoisotopic (exact) mass is 228 g/mol. The zero-order chi connectivity index (χ0) is 12.1. The Morgan fingerprint density at radius 3 is 2.71 bits per heavy atom. The van der Waals surface area contributed by atoms with Crippen LogP contribution in [0.1, 0.15) is 17.3 Å². The summed E-state index contributed by atoms with van der Waals surface area (Å²) in [5.41, 5.74) is 1.89. The van der Waals surface area contributed by atoms with Gasteiger partial charge in [0.1, 0.15) is 0 Å². The van der Waals surface area contributed by atoms with Crippen molar-refractivity contribution in [1.82, 2.24) is 9.97 Å². The molecule has 2 aromatic heterocycles. The number of hydrogen-bond donors (Lipinski definition) is 0. The van der Waals surface area contributed by atoms with Crippen LogP contribution in [0.4, 0.5) is 0 Å². The summed E-state index contributed by atoms with van der Waals surface area (Å²) in [5.74, 6) is -0.341. The van der Waals surface area contributed by atoms with E-state index in [4.69, 9.17) is 4.74 Å². The van der Waals surface area contributed by atoms with Gasteiger partial charge in [0.25, 0.3) is 0 Å². The number of rotatable bonds is 3. The number of ether oxygens (including phenoxy) is 1. The molecule has 0 aliphatic carbocycles. The first-order valence-electron chi connectivity index (χ1n) is 5.36. The molecule has 2 heterocycles. The van der Waals surface area contributed by atoms with Gasteiger partial charge in [-0.05, 0) is 31.2 Å². The van der Waals surface area contributed by atoms with Crippen molar-refractivity contribution in [3.05, 3.63) is 48.3 Å². The fourth-order valence-electron chi connectivity index (χ4n) is 1.43. The molecule has 0 bridgehead atoms. The van der Waals surface area contributed by atoms with Crippen LogP contribution in [0.5, 0.6) is 0 Å². The van der Waals surface area contributed by atoms with Gasteiger partial charge in [0, 0.05) is 12.4 Å². The van der Waals surface area contributed by atoms with E-state index < -0.39 is 0 Å². The SMILES string of the molecule is CCOC(=O)c1ccnc(-c2ccccn2)c1. The van der Waals surface area contributed by atoms with Gasteiger partial charge in [-0.25, -0.2) is 4.79 Å². The number of carbonyl (C=O) groups is 1. The van der Waals surface area contributed by atoms with Gasteiger partial charge in [0.15, 0.2) is 0 Å². The maximum Gasteiger partial charge on any atom is 0.338 e. The molecule has 2 rings (SSSR count). The highest BCUT2D eigenvalue weighted by Gasteiger charge is 2.08. The first kappa shape index (κ1) is 11.3. The van der Waals surface area contributed by atoms with Gasteiger partial charge in [0.05, 0.1) is 23.6 Å². The molecule has 0 radical (unpaired) electrons. The predicted octanol–water partition coefficient (Wildman–Crippen LogP) is 2.32. The summed E-state index contributed by atoms with van der Waals surface area (Å²) in [7, 11) is 0. The second kappa shape index (κ2) is 5.21. The molecule has 0 N–H and O–H groups in total. The molecule has 4 nitrogen and oxygen atoms in total. The molecule has 0 fully saturated rings. The Morgan fingerprint density at radius 2 is 2.00 bits per heavy atom. The summed E-state index contributed by atoms with van der Waals surface area (Å²) in [4.78, 5) is 19.9. The first-order chi connectivity index (χ1) is 8.31. The van der Waals surface area contributed by atoms with E-state index in [2.05, 4.69) is 9.97 Å². The fraction of sp³-hybridized carbons (Fsp3) is 0.154. The number of pyridine rings is 2. The van der Waals surface area contributed by atoms with Crippen molar-refractivity contribution in [2.45, 2.75) is 6.92 Å². The summed E-state index contributed by atoms with van der Waals surface area (Å²) in [5, 5.41) is 0. The summed E-state index contributed by atoms with van der Waals surface area (Å²) < 4.78 is 4.93. The number of esters is 1. The molecule has 0 saturated carbocycles. The van der Waals surface area contributed by atoms with Crippen molar-refractivity contribution in [3.63, 3.8) is 0 Å².